The van der Waals surface area contributed by atoms with Crippen LogP contribution in [0, 0.1) is 5.92 Å². The average molecular weight is 381 g/mol. The van der Waals surface area contributed by atoms with Crippen LogP contribution in [0.3, 0.4) is 0 Å². The molecule has 1 amide bonds. The fourth-order valence-electron chi connectivity index (χ4n) is 1.32. The molecule has 0 bridgehead atoms. The highest BCUT2D eigenvalue weighted by atomic mass is 127. The fraction of sp³-hybridized carbons (Fsp3) is 0.750. The maximum Gasteiger partial charge on any atom is 0.229 e. The van der Waals surface area contributed by atoms with E-state index in [9.17, 15) is 4.79 Å². The predicted molar refractivity (Wildman–Crippen MR) is 84.5 cm³/mol. The standard InChI is InChI=1S/C12H20IN3OS/c1-8(6-5-7-13)9(17)14-11-16-15-10(18-11)12(2,3)4/h8H,5-7H2,1-4H3,(H,14,16,17). The summed E-state index contributed by atoms with van der Waals surface area (Å²) < 4.78 is 1.09. The van der Waals surface area contributed by atoms with Crippen molar-refractivity contribution >= 4 is 45.0 Å². The number of nitrogens with one attached hydrogen (secondary N) is 1. The van der Waals surface area contributed by atoms with Crippen molar-refractivity contribution in [3.8, 4) is 0 Å². The second kappa shape index (κ2) is 6.79. The van der Waals surface area contributed by atoms with Crippen LogP contribution in [0.15, 0.2) is 0 Å². The summed E-state index contributed by atoms with van der Waals surface area (Å²) >= 11 is 3.78. The first-order chi connectivity index (χ1) is 8.34. The number of nitrogens with zero attached hydrogens (tertiary/aromatic N) is 2. The molecule has 1 N–H and O–H groups in total. The number of hydrogen-bond acceptors (Lipinski definition) is 4. The molecule has 0 radical (unpaired) electrons. The molecule has 18 heavy (non-hydrogen) atoms. The number of alkyl halides is 1. The van der Waals surface area contributed by atoms with E-state index in [1.807, 2.05) is 6.92 Å². The number of carbonyl (C=O) groups is 1. The van der Waals surface area contributed by atoms with Crippen LogP contribution in [0.5, 0.6) is 0 Å². The third-order valence-corrected chi connectivity index (χ3v) is 4.54. The van der Waals surface area contributed by atoms with Crippen LogP contribution in [0.1, 0.15) is 45.5 Å². The Bertz CT molecular complexity index is 400. The quantitative estimate of drug-likeness (QED) is 0.626. The summed E-state index contributed by atoms with van der Waals surface area (Å²) in [6.45, 7) is 8.21. The lowest BCUT2D eigenvalue weighted by atomic mass is 9.98. The van der Waals surface area contributed by atoms with Crippen LogP contribution in [0.25, 0.3) is 0 Å². The third-order valence-electron chi connectivity index (χ3n) is 2.52. The highest BCUT2D eigenvalue weighted by Gasteiger charge is 2.21. The van der Waals surface area contributed by atoms with E-state index in [1.165, 1.54) is 11.3 Å². The minimum atomic E-state index is -0.0204. The summed E-state index contributed by atoms with van der Waals surface area (Å²) in [5.74, 6) is 0.0678. The van der Waals surface area contributed by atoms with Crippen molar-refractivity contribution in [2.24, 2.45) is 5.92 Å². The van der Waals surface area contributed by atoms with Gasteiger partial charge in [0.1, 0.15) is 5.01 Å². The zero-order chi connectivity index (χ0) is 13.8. The van der Waals surface area contributed by atoms with E-state index in [0.29, 0.717) is 5.13 Å². The van der Waals surface area contributed by atoms with Gasteiger partial charge in [-0.05, 0) is 17.3 Å². The summed E-state index contributed by atoms with van der Waals surface area (Å²) in [5.41, 5.74) is -0.0204. The van der Waals surface area contributed by atoms with E-state index in [-0.39, 0.29) is 17.2 Å². The van der Waals surface area contributed by atoms with Crippen LogP contribution >= 0.6 is 33.9 Å². The third kappa shape index (κ3) is 4.79. The highest BCUT2D eigenvalue weighted by Crippen LogP contribution is 2.27. The van der Waals surface area contributed by atoms with E-state index < -0.39 is 0 Å². The molecule has 0 aromatic carbocycles. The zero-order valence-electron chi connectivity index (χ0n) is 11.3. The van der Waals surface area contributed by atoms with Crippen molar-refractivity contribution in [1.29, 1.82) is 0 Å². The first kappa shape index (κ1) is 15.8. The lowest BCUT2D eigenvalue weighted by molar-refractivity contribution is -0.119. The molecule has 1 atom stereocenters. The Morgan fingerprint density at radius 1 is 1.44 bits per heavy atom. The molecule has 0 saturated carbocycles. The van der Waals surface area contributed by atoms with Gasteiger partial charge in [0.15, 0.2) is 0 Å². The Kier molecular flexibility index (Phi) is 5.97. The average Bonchev–Trinajstić information content (AvgIpc) is 2.73. The van der Waals surface area contributed by atoms with E-state index in [0.717, 1.165) is 22.3 Å². The van der Waals surface area contributed by atoms with Crippen molar-refractivity contribution in [3.05, 3.63) is 5.01 Å². The topological polar surface area (TPSA) is 54.9 Å². The summed E-state index contributed by atoms with van der Waals surface area (Å²) in [6.07, 6.45) is 1.98. The molecule has 1 heterocycles. The van der Waals surface area contributed by atoms with Gasteiger partial charge in [-0.15, -0.1) is 10.2 Å². The van der Waals surface area contributed by atoms with Crippen LogP contribution in [0.4, 0.5) is 5.13 Å². The first-order valence-corrected chi connectivity index (χ1v) is 8.39. The minimum absolute atomic E-state index is 0.0204. The molecule has 4 nitrogen and oxygen atoms in total. The molecule has 1 unspecified atom stereocenters. The second-order valence-electron chi connectivity index (χ2n) is 5.38. The molecular weight excluding hydrogens is 361 g/mol. The maximum atomic E-state index is 11.9. The lowest BCUT2D eigenvalue weighted by Gasteiger charge is -2.12. The van der Waals surface area contributed by atoms with Crippen molar-refractivity contribution in [2.45, 2.75) is 46.0 Å². The van der Waals surface area contributed by atoms with Gasteiger partial charge in [-0.3, -0.25) is 4.79 Å². The van der Waals surface area contributed by atoms with Gasteiger partial charge in [0.25, 0.3) is 0 Å². The van der Waals surface area contributed by atoms with Gasteiger partial charge < -0.3 is 5.32 Å². The van der Waals surface area contributed by atoms with Crippen LogP contribution in [-0.4, -0.2) is 20.5 Å². The van der Waals surface area contributed by atoms with Crippen molar-refractivity contribution in [3.63, 3.8) is 0 Å². The predicted octanol–water partition coefficient (Wildman–Crippen LogP) is 3.63. The number of rotatable bonds is 5. The molecule has 1 aromatic rings. The molecule has 6 heteroatoms. The largest absolute Gasteiger partial charge is 0.300 e. The second-order valence-corrected chi connectivity index (χ2v) is 7.44. The van der Waals surface area contributed by atoms with Gasteiger partial charge in [0, 0.05) is 11.3 Å². The SMILES string of the molecule is CC(CCCI)C(=O)Nc1nnc(C(C)(C)C)s1. The van der Waals surface area contributed by atoms with E-state index in [2.05, 4.69) is 58.9 Å². The van der Waals surface area contributed by atoms with Crippen LogP contribution in [-0.2, 0) is 10.2 Å². The molecule has 1 aromatic heterocycles. The molecule has 102 valence electrons. The normalized spacial score (nSPS) is 13.4. The Morgan fingerprint density at radius 3 is 2.61 bits per heavy atom. The number of halogens is 1. The fourth-order valence-corrected chi connectivity index (χ4v) is 2.56. The van der Waals surface area contributed by atoms with E-state index in [1.54, 1.807) is 0 Å². The summed E-state index contributed by atoms with van der Waals surface area (Å²) in [5, 5.41) is 12.5. The summed E-state index contributed by atoms with van der Waals surface area (Å²) in [7, 11) is 0. The molecule has 0 aliphatic carbocycles. The molecule has 0 saturated heterocycles. The van der Waals surface area contributed by atoms with Crippen molar-refractivity contribution in [2.75, 3.05) is 9.74 Å². The molecule has 0 fully saturated rings. The number of carbonyl (C=O) groups excluding carboxylic acids is 1. The summed E-state index contributed by atoms with van der Waals surface area (Å²) in [6, 6.07) is 0. The lowest BCUT2D eigenvalue weighted by Crippen LogP contribution is -2.20. The Morgan fingerprint density at radius 2 is 2.11 bits per heavy atom. The molecular formula is C12H20IN3OS. The number of aromatic nitrogens is 2. The summed E-state index contributed by atoms with van der Waals surface area (Å²) in [4.78, 5) is 11.9. The molecule has 0 aliphatic rings. The van der Waals surface area contributed by atoms with E-state index >= 15 is 0 Å². The van der Waals surface area contributed by atoms with Gasteiger partial charge in [-0.2, -0.15) is 0 Å². The van der Waals surface area contributed by atoms with Gasteiger partial charge in [0.2, 0.25) is 11.0 Å². The number of hydrogen-bond donors (Lipinski definition) is 1. The van der Waals surface area contributed by atoms with E-state index in [4.69, 9.17) is 0 Å². The first-order valence-electron chi connectivity index (χ1n) is 6.05. The van der Waals surface area contributed by atoms with Crippen molar-refractivity contribution < 1.29 is 4.79 Å². The number of amides is 1. The smallest absolute Gasteiger partial charge is 0.229 e. The van der Waals surface area contributed by atoms with Gasteiger partial charge in [-0.1, -0.05) is 61.6 Å². The number of anilines is 1. The minimum Gasteiger partial charge on any atom is -0.300 e. The Balaban J connectivity index is 2.57. The Labute approximate surface area is 126 Å². The molecule has 1 rings (SSSR count). The van der Waals surface area contributed by atoms with Gasteiger partial charge in [0.05, 0.1) is 0 Å². The van der Waals surface area contributed by atoms with Gasteiger partial charge >= 0.3 is 0 Å². The molecule has 0 aliphatic heterocycles. The molecule has 0 spiro atoms. The van der Waals surface area contributed by atoms with Crippen LogP contribution < -0.4 is 5.32 Å². The van der Waals surface area contributed by atoms with Gasteiger partial charge in [-0.25, -0.2) is 0 Å². The highest BCUT2D eigenvalue weighted by molar-refractivity contribution is 14.1. The maximum absolute atomic E-state index is 11.9. The zero-order valence-corrected chi connectivity index (χ0v) is 14.3. The Hall–Kier alpha value is -0.240. The van der Waals surface area contributed by atoms with Crippen LogP contribution in [0.2, 0.25) is 0 Å². The monoisotopic (exact) mass is 381 g/mol. The van der Waals surface area contributed by atoms with Crippen molar-refractivity contribution in [1.82, 2.24) is 10.2 Å².